The highest BCUT2D eigenvalue weighted by atomic mass is 32.2. The topological polar surface area (TPSA) is 25.8 Å². The van der Waals surface area contributed by atoms with Crippen LogP contribution in [0.2, 0.25) is 0 Å². The van der Waals surface area contributed by atoms with Crippen molar-refractivity contribution >= 4 is 11.8 Å². The van der Waals surface area contributed by atoms with E-state index in [2.05, 4.69) is 16.9 Å². The molecule has 2 unspecified atom stereocenters. The maximum Gasteiger partial charge on any atom is 0.116 e. The molecule has 0 N–H and O–H groups in total. The minimum atomic E-state index is 0.755. The first kappa shape index (κ1) is 8.72. The molecule has 1 aliphatic heterocycles. The summed E-state index contributed by atoms with van der Waals surface area (Å²) in [7, 11) is 0. The van der Waals surface area contributed by atoms with Gasteiger partial charge in [0.25, 0.3) is 0 Å². The van der Waals surface area contributed by atoms with E-state index in [1.807, 2.05) is 11.8 Å². The Hall–Kier alpha value is -0.570. The summed E-state index contributed by atoms with van der Waals surface area (Å²) >= 11 is 1.98. The van der Waals surface area contributed by atoms with Crippen LogP contribution in [0.25, 0.3) is 0 Å². The van der Waals surface area contributed by atoms with Crippen molar-refractivity contribution in [2.45, 2.75) is 48.8 Å². The molecule has 2 nitrogen and oxygen atoms in total. The molecule has 0 radical (unpaired) electrons. The monoisotopic (exact) mass is 206 g/mol. The van der Waals surface area contributed by atoms with Gasteiger partial charge in [-0.2, -0.15) is 0 Å². The number of aromatic nitrogens is 2. The van der Waals surface area contributed by atoms with Gasteiger partial charge in [0.15, 0.2) is 0 Å². The molecule has 1 aromatic rings. The number of nitrogens with zero attached hydrogens (tertiary/aromatic N) is 2. The first-order chi connectivity index (χ1) is 6.86. The molecule has 1 saturated carbocycles. The first-order valence-electron chi connectivity index (χ1n) is 5.34. The van der Waals surface area contributed by atoms with E-state index in [0.29, 0.717) is 0 Å². The predicted octanol–water partition coefficient (Wildman–Crippen LogP) is 2.92. The number of hydrogen-bond donors (Lipinski definition) is 0. The number of fused-ring (bicyclic) bond motifs is 3. The van der Waals surface area contributed by atoms with Crippen molar-refractivity contribution in [3.05, 3.63) is 17.6 Å². The smallest absolute Gasteiger partial charge is 0.116 e. The Kier molecular flexibility index (Phi) is 2.01. The molecule has 1 aromatic heterocycles. The summed E-state index contributed by atoms with van der Waals surface area (Å²) in [5, 5.41) is 2.06. The Morgan fingerprint density at radius 3 is 3.07 bits per heavy atom. The van der Waals surface area contributed by atoms with Crippen molar-refractivity contribution in [2.24, 2.45) is 0 Å². The van der Waals surface area contributed by atoms with Crippen molar-refractivity contribution in [1.82, 2.24) is 9.97 Å². The molecule has 0 aromatic carbocycles. The van der Waals surface area contributed by atoms with E-state index in [9.17, 15) is 0 Å². The summed E-state index contributed by atoms with van der Waals surface area (Å²) in [5.41, 5.74) is 2.67. The van der Waals surface area contributed by atoms with Crippen LogP contribution in [0.4, 0.5) is 0 Å². The van der Waals surface area contributed by atoms with Gasteiger partial charge in [0.05, 0.1) is 0 Å². The summed E-state index contributed by atoms with van der Waals surface area (Å²) in [4.78, 5) is 8.71. The molecule has 1 fully saturated rings. The Morgan fingerprint density at radius 2 is 2.14 bits per heavy atom. The molecule has 1 aliphatic carbocycles. The molecule has 0 amide bonds. The van der Waals surface area contributed by atoms with Gasteiger partial charge in [0.2, 0.25) is 0 Å². The standard InChI is InChI=1S/C11H14N2S/c1-7-10-8-4-2-3-5-9(8)14-11(10)13-6-12-7/h6,8-9H,2-5H2,1H3. The lowest BCUT2D eigenvalue weighted by Gasteiger charge is -2.24. The van der Waals surface area contributed by atoms with Crippen molar-refractivity contribution < 1.29 is 0 Å². The van der Waals surface area contributed by atoms with E-state index in [4.69, 9.17) is 0 Å². The number of rotatable bonds is 0. The SMILES string of the molecule is Cc1ncnc2c1C1CCCCC1S2. The molecule has 0 saturated heterocycles. The summed E-state index contributed by atoms with van der Waals surface area (Å²) in [6.07, 6.45) is 7.20. The zero-order valence-electron chi connectivity index (χ0n) is 8.36. The molecule has 2 heterocycles. The van der Waals surface area contributed by atoms with Crippen LogP contribution in [-0.2, 0) is 0 Å². The Balaban J connectivity index is 2.06. The van der Waals surface area contributed by atoms with E-state index >= 15 is 0 Å². The van der Waals surface area contributed by atoms with Crippen LogP contribution in [0.5, 0.6) is 0 Å². The molecule has 14 heavy (non-hydrogen) atoms. The van der Waals surface area contributed by atoms with Crippen molar-refractivity contribution in [1.29, 1.82) is 0 Å². The zero-order valence-corrected chi connectivity index (χ0v) is 9.18. The molecule has 2 aliphatic rings. The van der Waals surface area contributed by atoms with E-state index < -0.39 is 0 Å². The average Bonchev–Trinajstić information content (AvgIpc) is 2.57. The molecule has 3 rings (SSSR count). The van der Waals surface area contributed by atoms with Crippen LogP contribution in [0, 0.1) is 6.92 Å². The van der Waals surface area contributed by atoms with Gasteiger partial charge in [-0.3, -0.25) is 0 Å². The third kappa shape index (κ3) is 1.18. The first-order valence-corrected chi connectivity index (χ1v) is 6.22. The average molecular weight is 206 g/mol. The quantitative estimate of drug-likeness (QED) is 0.610. The van der Waals surface area contributed by atoms with Crippen LogP contribution in [-0.4, -0.2) is 15.2 Å². The Bertz CT molecular complexity index is 364. The van der Waals surface area contributed by atoms with E-state index in [0.717, 1.165) is 11.2 Å². The lowest BCUT2D eigenvalue weighted by molar-refractivity contribution is 0.458. The summed E-state index contributed by atoms with van der Waals surface area (Å²) in [6, 6.07) is 0. The van der Waals surface area contributed by atoms with E-state index in [-0.39, 0.29) is 0 Å². The maximum atomic E-state index is 4.40. The van der Waals surface area contributed by atoms with Gasteiger partial charge < -0.3 is 0 Å². The minimum Gasteiger partial charge on any atom is -0.241 e. The van der Waals surface area contributed by atoms with Crippen LogP contribution in [0.1, 0.15) is 42.9 Å². The van der Waals surface area contributed by atoms with Gasteiger partial charge in [-0.25, -0.2) is 9.97 Å². The molecular formula is C11H14N2S. The molecule has 2 atom stereocenters. The predicted molar refractivity (Wildman–Crippen MR) is 57.6 cm³/mol. The highest BCUT2D eigenvalue weighted by molar-refractivity contribution is 8.00. The lowest BCUT2D eigenvalue weighted by Crippen LogP contribution is -2.15. The molecule has 74 valence electrons. The third-order valence-corrected chi connectivity index (χ3v) is 4.80. The molecule has 3 heteroatoms. The van der Waals surface area contributed by atoms with Crippen molar-refractivity contribution in [2.75, 3.05) is 0 Å². The van der Waals surface area contributed by atoms with Crippen LogP contribution >= 0.6 is 11.8 Å². The van der Waals surface area contributed by atoms with E-state index in [1.54, 1.807) is 6.33 Å². The number of thioether (sulfide) groups is 1. The summed E-state index contributed by atoms with van der Waals surface area (Å²) in [5.74, 6) is 0.755. The van der Waals surface area contributed by atoms with Crippen LogP contribution < -0.4 is 0 Å². The van der Waals surface area contributed by atoms with Gasteiger partial charge >= 0.3 is 0 Å². The normalized spacial score (nSPS) is 29.8. The van der Waals surface area contributed by atoms with Gasteiger partial charge in [0.1, 0.15) is 11.4 Å². The second-order valence-corrected chi connectivity index (χ2v) is 5.45. The van der Waals surface area contributed by atoms with Gasteiger partial charge in [-0.05, 0) is 19.8 Å². The number of hydrogen-bond acceptors (Lipinski definition) is 3. The highest BCUT2D eigenvalue weighted by Gasteiger charge is 2.37. The van der Waals surface area contributed by atoms with Crippen molar-refractivity contribution in [3.8, 4) is 0 Å². The Labute approximate surface area is 88.5 Å². The lowest BCUT2D eigenvalue weighted by atomic mass is 9.84. The van der Waals surface area contributed by atoms with E-state index in [1.165, 1.54) is 42.0 Å². The molecular weight excluding hydrogens is 192 g/mol. The van der Waals surface area contributed by atoms with Crippen molar-refractivity contribution in [3.63, 3.8) is 0 Å². The fraction of sp³-hybridized carbons (Fsp3) is 0.636. The van der Waals surface area contributed by atoms with Gasteiger partial charge in [0, 0.05) is 22.4 Å². The van der Waals surface area contributed by atoms with Crippen LogP contribution in [0.3, 0.4) is 0 Å². The fourth-order valence-electron chi connectivity index (χ4n) is 2.69. The highest BCUT2D eigenvalue weighted by Crippen LogP contribution is 2.51. The second kappa shape index (κ2) is 3.23. The minimum absolute atomic E-state index is 0.755. The number of aryl methyl sites for hydroxylation is 1. The maximum absolute atomic E-state index is 4.40. The second-order valence-electron chi connectivity index (χ2n) is 4.23. The largest absolute Gasteiger partial charge is 0.241 e. The Morgan fingerprint density at radius 1 is 1.29 bits per heavy atom. The summed E-state index contributed by atoms with van der Waals surface area (Å²) < 4.78 is 0. The third-order valence-electron chi connectivity index (χ3n) is 3.38. The summed E-state index contributed by atoms with van der Waals surface area (Å²) in [6.45, 7) is 2.12. The zero-order chi connectivity index (χ0) is 9.54. The fourth-order valence-corrected chi connectivity index (χ4v) is 4.24. The van der Waals surface area contributed by atoms with Gasteiger partial charge in [-0.15, -0.1) is 11.8 Å². The van der Waals surface area contributed by atoms with Crippen LogP contribution in [0.15, 0.2) is 11.4 Å². The molecule has 0 bridgehead atoms. The molecule has 0 spiro atoms. The van der Waals surface area contributed by atoms with Gasteiger partial charge in [-0.1, -0.05) is 12.8 Å².